The summed E-state index contributed by atoms with van der Waals surface area (Å²) in [7, 11) is 0. The molecule has 26 heavy (non-hydrogen) atoms. The average molecular weight is 350 g/mol. The van der Waals surface area contributed by atoms with E-state index in [0.29, 0.717) is 12.1 Å². The number of nitrogens with zero attached hydrogens (tertiary/aromatic N) is 5. The maximum atomic E-state index is 12.4. The standard InChI is InChI=1S/C19H22N6O/c1-3-24(17-8-4-6-15(2)12-17)11-10-20-19(26)16-7-5-9-18(13-16)25-14-21-22-23-25/h4-9,12-14H,3,10-11H2,1-2H3,(H,20,26). The minimum atomic E-state index is -0.111. The van der Waals surface area contributed by atoms with Crippen molar-refractivity contribution in [2.24, 2.45) is 0 Å². The molecule has 0 unspecified atom stereocenters. The molecule has 0 spiro atoms. The minimum Gasteiger partial charge on any atom is -0.370 e. The van der Waals surface area contributed by atoms with Crippen LogP contribution in [-0.4, -0.2) is 45.7 Å². The molecule has 0 radical (unpaired) electrons. The Bertz CT molecular complexity index is 862. The van der Waals surface area contributed by atoms with Crippen LogP contribution >= 0.6 is 0 Å². The van der Waals surface area contributed by atoms with E-state index in [4.69, 9.17) is 0 Å². The molecule has 1 aromatic heterocycles. The third-order valence-electron chi connectivity index (χ3n) is 4.14. The van der Waals surface area contributed by atoms with Crippen LogP contribution in [-0.2, 0) is 0 Å². The summed E-state index contributed by atoms with van der Waals surface area (Å²) in [4.78, 5) is 14.7. The number of benzene rings is 2. The lowest BCUT2D eigenvalue weighted by Gasteiger charge is -2.23. The number of carbonyl (C=O) groups is 1. The van der Waals surface area contributed by atoms with Gasteiger partial charge in [-0.25, -0.2) is 4.68 Å². The van der Waals surface area contributed by atoms with Gasteiger partial charge in [-0.15, -0.1) is 5.10 Å². The second kappa shape index (κ2) is 8.24. The topological polar surface area (TPSA) is 75.9 Å². The maximum absolute atomic E-state index is 12.4. The van der Waals surface area contributed by atoms with Crippen molar-refractivity contribution < 1.29 is 4.79 Å². The average Bonchev–Trinajstić information content (AvgIpc) is 3.20. The fraction of sp³-hybridized carbons (Fsp3) is 0.263. The van der Waals surface area contributed by atoms with Crippen molar-refractivity contribution in [3.8, 4) is 5.69 Å². The Balaban J connectivity index is 1.59. The highest BCUT2D eigenvalue weighted by Crippen LogP contribution is 2.15. The highest BCUT2D eigenvalue weighted by Gasteiger charge is 2.09. The lowest BCUT2D eigenvalue weighted by Crippen LogP contribution is -2.35. The van der Waals surface area contributed by atoms with Gasteiger partial charge in [0.25, 0.3) is 5.91 Å². The Hall–Kier alpha value is -3.22. The van der Waals surface area contributed by atoms with Gasteiger partial charge >= 0.3 is 0 Å². The molecule has 0 bridgehead atoms. The van der Waals surface area contributed by atoms with Gasteiger partial charge in [0.2, 0.25) is 0 Å². The van der Waals surface area contributed by atoms with Gasteiger partial charge in [-0.1, -0.05) is 18.2 Å². The molecule has 0 fully saturated rings. The largest absolute Gasteiger partial charge is 0.370 e. The molecule has 0 saturated carbocycles. The summed E-state index contributed by atoms with van der Waals surface area (Å²) >= 11 is 0. The fourth-order valence-corrected chi connectivity index (χ4v) is 2.77. The van der Waals surface area contributed by atoms with E-state index >= 15 is 0 Å². The Kier molecular flexibility index (Phi) is 5.58. The first-order valence-electron chi connectivity index (χ1n) is 8.60. The quantitative estimate of drug-likeness (QED) is 0.707. The van der Waals surface area contributed by atoms with Crippen LogP contribution in [0.15, 0.2) is 54.9 Å². The van der Waals surface area contributed by atoms with Gasteiger partial charge < -0.3 is 10.2 Å². The van der Waals surface area contributed by atoms with Crippen LogP contribution in [0.3, 0.4) is 0 Å². The molecule has 7 heteroatoms. The van der Waals surface area contributed by atoms with E-state index in [1.165, 1.54) is 22.3 Å². The fourth-order valence-electron chi connectivity index (χ4n) is 2.77. The van der Waals surface area contributed by atoms with Crippen molar-refractivity contribution in [1.82, 2.24) is 25.5 Å². The number of aromatic nitrogens is 4. The molecule has 0 aliphatic heterocycles. The van der Waals surface area contributed by atoms with Gasteiger partial charge in [0, 0.05) is 30.9 Å². The number of rotatable bonds is 7. The van der Waals surface area contributed by atoms with E-state index in [-0.39, 0.29) is 5.91 Å². The van der Waals surface area contributed by atoms with Crippen LogP contribution in [0, 0.1) is 6.92 Å². The van der Waals surface area contributed by atoms with Crippen LogP contribution in [0.2, 0.25) is 0 Å². The maximum Gasteiger partial charge on any atom is 0.251 e. The molecule has 0 saturated heterocycles. The number of likely N-dealkylation sites (N-methyl/N-ethyl adjacent to an activating group) is 1. The van der Waals surface area contributed by atoms with Gasteiger partial charge in [0.1, 0.15) is 6.33 Å². The summed E-state index contributed by atoms with van der Waals surface area (Å²) in [6.45, 7) is 6.39. The number of carbonyl (C=O) groups excluding carboxylic acids is 1. The molecule has 0 aliphatic rings. The molecule has 2 aromatic carbocycles. The van der Waals surface area contributed by atoms with E-state index < -0.39 is 0 Å². The van der Waals surface area contributed by atoms with Crippen LogP contribution in [0.4, 0.5) is 5.69 Å². The number of tetrazole rings is 1. The summed E-state index contributed by atoms with van der Waals surface area (Å²) in [5.74, 6) is -0.111. The molecule has 3 rings (SSSR count). The van der Waals surface area contributed by atoms with E-state index in [1.807, 2.05) is 12.1 Å². The van der Waals surface area contributed by atoms with Crippen molar-refractivity contribution in [1.29, 1.82) is 0 Å². The van der Waals surface area contributed by atoms with E-state index in [2.05, 4.69) is 63.9 Å². The van der Waals surface area contributed by atoms with Crippen LogP contribution in [0.5, 0.6) is 0 Å². The highest BCUT2D eigenvalue weighted by molar-refractivity contribution is 5.94. The third kappa shape index (κ3) is 4.24. The Morgan fingerprint density at radius 1 is 1.19 bits per heavy atom. The summed E-state index contributed by atoms with van der Waals surface area (Å²) in [5, 5.41) is 14.0. The normalized spacial score (nSPS) is 10.5. The Morgan fingerprint density at radius 3 is 2.77 bits per heavy atom. The highest BCUT2D eigenvalue weighted by atomic mass is 16.1. The van der Waals surface area contributed by atoms with Crippen molar-refractivity contribution in [3.63, 3.8) is 0 Å². The van der Waals surface area contributed by atoms with Crippen molar-refractivity contribution in [3.05, 3.63) is 66.0 Å². The number of hydrogen-bond donors (Lipinski definition) is 1. The van der Waals surface area contributed by atoms with Crippen LogP contribution in [0.25, 0.3) is 5.69 Å². The zero-order valence-electron chi connectivity index (χ0n) is 15.0. The summed E-state index contributed by atoms with van der Waals surface area (Å²) in [6.07, 6.45) is 1.50. The first-order chi connectivity index (χ1) is 12.7. The minimum absolute atomic E-state index is 0.111. The molecule has 0 aliphatic carbocycles. The number of nitrogens with one attached hydrogen (secondary N) is 1. The lowest BCUT2D eigenvalue weighted by molar-refractivity contribution is 0.0954. The summed E-state index contributed by atoms with van der Waals surface area (Å²) < 4.78 is 1.52. The van der Waals surface area contributed by atoms with E-state index in [1.54, 1.807) is 12.1 Å². The van der Waals surface area contributed by atoms with Gasteiger partial charge in [0.15, 0.2) is 0 Å². The summed E-state index contributed by atoms with van der Waals surface area (Å²) in [6, 6.07) is 15.6. The monoisotopic (exact) mass is 350 g/mol. The predicted molar refractivity (Wildman–Crippen MR) is 101 cm³/mol. The van der Waals surface area contributed by atoms with Crippen molar-refractivity contribution in [2.75, 3.05) is 24.5 Å². The smallest absolute Gasteiger partial charge is 0.251 e. The number of amides is 1. The number of hydrogen-bond acceptors (Lipinski definition) is 5. The van der Waals surface area contributed by atoms with Gasteiger partial charge in [0.05, 0.1) is 5.69 Å². The van der Waals surface area contributed by atoms with Gasteiger partial charge in [-0.3, -0.25) is 4.79 Å². The molecule has 1 N–H and O–H groups in total. The number of aryl methyl sites for hydroxylation is 1. The molecular formula is C19H22N6O. The first kappa shape index (κ1) is 17.6. The second-order valence-corrected chi connectivity index (χ2v) is 5.98. The number of anilines is 1. The zero-order chi connectivity index (χ0) is 18.4. The predicted octanol–water partition coefficient (Wildman–Crippen LogP) is 2.23. The molecule has 134 valence electrons. The van der Waals surface area contributed by atoms with E-state index in [0.717, 1.165) is 18.8 Å². The second-order valence-electron chi connectivity index (χ2n) is 5.98. The first-order valence-corrected chi connectivity index (χ1v) is 8.60. The Labute approximate surface area is 152 Å². The lowest BCUT2D eigenvalue weighted by atomic mass is 10.2. The van der Waals surface area contributed by atoms with Gasteiger partial charge in [-0.2, -0.15) is 0 Å². The van der Waals surface area contributed by atoms with Crippen LogP contribution < -0.4 is 10.2 Å². The SMILES string of the molecule is CCN(CCNC(=O)c1cccc(-n2cnnn2)c1)c1cccc(C)c1. The van der Waals surface area contributed by atoms with Crippen molar-refractivity contribution in [2.45, 2.75) is 13.8 Å². The van der Waals surface area contributed by atoms with Crippen molar-refractivity contribution >= 4 is 11.6 Å². The van der Waals surface area contributed by atoms with E-state index in [9.17, 15) is 4.79 Å². The Morgan fingerprint density at radius 2 is 2.04 bits per heavy atom. The third-order valence-corrected chi connectivity index (χ3v) is 4.14. The van der Waals surface area contributed by atoms with Crippen LogP contribution in [0.1, 0.15) is 22.8 Å². The molecule has 1 heterocycles. The molecule has 0 atom stereocenters. The van der Waals surface area contributed by atoms with Gasteiger partial charge in [-0.05, 0) is 60.2 Å². The molecular weight excluding hydrogens is 328 g/mol. The molecule has 3 aromatic rings. The zero-order valence-corrected chi connectivity index (χ0v) is 15.0. The molecule has 1 amide bonds. The molecule has 7 nitrogen and oxygen atoms in total. The summed E-state index contributed by atoms with van der Waals surface area (Å²) in [5.41, 5.74) is 3.72.